The van der Waals surface area contributed by atoms with Gasteiger partial charge in [-0.3, -0.25) is 14.5 Å². The number of carboxylic acid groups (broad SMARTS) is 1. The maximum absolute atomic E-state index is 15.6. The Bertz CT molecular complexity index is 2390. The SMILES string of the molecule is O=C(O)c1ccc(N(Cc2cc(C3CC3)cc(N3CCCC3)c2)C(=O)CS(=O)(=O)Nc2c(F)c(F)c(C(Br)c3cnccc3C(F)(F)F)c(F)c2F)c(OC2CCCC2)c1. The number of benzene rings is 3. The predicted octanol–water partition coefficient (Wildman–Crippen LogP) is 9.61. The highest BCUT2D eigenvalue weighted by molar-refractivity contribution is 9.09. The van der Waals surface area contributed by atoms with Gasteiger partial charge < -0.3 is 19.6 Å². The third-order valence-electron chi connectivity index (χ3n) is 10.8. The van der Waals surface area contributed by atoms with Crippen LogP contribution in [0.25, 0.3) is 0 Å². The van der Waals surface area contributed by atoms with E-state index in [9.17, 15) is 36.3 Å². The van der Waals surface area contributed by atoms with Gasteiger partial charge in [0.05, 0.1) is 34.3 Å². The average molecular weight is 928 g/mol. The van der Waals surface area contributed by atoms with Crippen LogP contribution in [-0.2, 0) is 27.5 Å². The number of hydrogen-bond donors (Lipinski definition) is 2. The molecule has 2 saturated carbocycles. The Labute approximate surface area is 348 Å². The molecular formula is C41H38BrF7N4O6S. The number of amides is 1. The number of nitrogens with zero attached hydrogens (tertiary/aromatic N) is 3. The summed E-state index contributed by atoms with van der Waals surface area (Å²) >= 11 is 2.69. The number of carbonyl (C=O) groups is 2. The van der Waals surface area contributed by atoms with Crippen molar-refractivity contribution in [2.75, 3.05) is 33.4 Å². The van der Waals surface area contributed by atoms with E-state index < -0.39 is 84.3 Å². The molecule has 2 aliphatic carbocycles. The minimum absolute atomic E-state index is 0.00226. The van der Waals surface area contributed by atoms with E-state index in [1.165, 1.54) is 22.9 Å². The molecular weight excluding hydrogens is 889 g/mol. The monoisotopic (exact) mass is 926 g/mol. The number of aromatic nitrogens is 1. The van der Waals surface area contributed by atoms with Gasteiger partial charge in [0, 0.05) is 42.3 Å². The van der Waals surface area contributed by atoms with Crippen molar-refractivity contribution >= 4 is 54.9 Å². The van der Waals surface area contributed by atoms with Crippen molar-refractivity contribution < 1.29 is 58.6 Å². The zero-order valence-electron chi connectivity index (χ0n) is 31.7. The van der Waals surface area contributed by atoms with E-state index >= 15 is 17.6 Å². The van der Waals surface area contributed by atoms with E-state index in [1.54, 1.807) is 0 Å². The Morgan fingerprint density at radius 3 is 2.22 bits per heavy atom. The van der Waals surface area contributed by atoms with Crippen molar-refractivity contribution in [3.05, 3.63) is 112 Å². The summed E-state index contributed by atoms with van der Waals surface area (Å²) in [6.45, 7) is 1.35. The Hall–Kier alpha value is -4.91. The molecule has 4 aromatic rings. The van der Waals surface area contributed by atoms with E-state index in [-0.39, 0.29) is 35.6 Å². The van der Waals surface area contributed by atoms with Gasteiger partial charge in [0.15, 0.2) is 23.3 Å². The quantitative estimate of drug-likeness (QED) is 0.0727. The highest BCUT2D eigenvalue weighted by Crippen LogP contribution is 2.45. The molecule has 1 amide bonds. The molecule has 320 valence electrons. The number of anilines is 3. The van der Waals surface area contributed by atoms with E-state index in [0.29, 0.717) is 30.7 Å². The van der Waals surface area contributed by atoms with E-state index in [2.05, 4.69) is 31.9 Å². The summed E-state index contributed by atoms with van der Waals surface area (Å²) in [5.41, 5.74) is -3.34. The molecule has 1 saturated heterocycles. The molecule has 1 aromatic heterocycles. The summed E-state index contributed by atoms with van der Waals surface area (Å²) in [4.78, 5) is 31.0. The zero-order chi connectivity index (χ0) is 43.1. The summed E-state index contributed by atoms with van der Waals surface area (Å²) in [7, 11) is -5.23. The second-order valence-electron chi connectivity index (χ2n) is 15.1. The molecule has 19 heteroatoms. The van der Waals surface area contributed by atoms with Gasteiger partial charge >= 0.3 is 12.1 Å². The van der Waals surface area contributed by atoms with Crippen LogP contribution in [0.4, 0.5) is 47.8 Å². The number of sulfonamides is 1. The lowest BCUT2D eigenvalue weighted by molar-refractivity contribution is -0.138. The van der Waals surface area contributed by atoms with Crippen LogP contribution in [0.5, 0.6) is 5.75 Å². The average Bonchev–Trinajstić information content (AvgIpc) is 3.65. The third-order valence-corrected chi connectivity index (χ3v) is 12.9. The molecule has 10 nitrogen and oxygen atoms in total. The van der Waals surface area contributed by atoms with Gasteiger partial charge in [-0.05, 0) is 105 Å². The standard InChI is InChI=1S/C41H38BrF7N4O6S/c42-34(28-19-50-12-11-29(28)41(47,48)49)33-35(43)37(45)39(38(46)36(33)44)51-60(57,58)21-32(54)53(30-10-9-24(40(55)56)18-31(30)59-27-5-1-2-6-27)20-22-15-25(23-7-8-23)17-26(16-22)52-13-3-4-14-52/h9-12,15-19,23,27,34,51H,1-8,13-14,20-21H2,(H,55,56). The zero-order valence-corrected chi connectivity index (χ0v) is 34.1. The molecule has 2 heterocycles. The van der Waals surface area contributed by atoms with Gasteiger partial charge in [-0.2, -0.15) is 13.2 Å². The molecule has 0 bridgehead atoms. The topological polar surface area (TPSA) is 129 Å². The summed E-state index contributed by atoms with van der Waals surface area (Å²) in [5.74, 6) is -12.8. The van der Waals surface area contributed by atoms with Crippen molar-refractivity contribution in [1.29, 1.82) is 0 Å². The van der Waals surface area contributed by atoms with Gasteiger partial charge in [-0.25, -0.2) is 30.8 Å². The summed E-state index contributed by atoms with van der Waals surface area (Å²) < 4.78 is 138. The molecule has 1 aliphatic heterocycles. The fraction of sp³-hybridized carbons (Fsp3) is 0.390. The Morgan fingerprint density at radius 1 is 0.933 bits per heavy atom. The van der Waals surface area contributed by atoms with Gasteiger partial charge in [0.1, 0.15) is 17.2 Å². The number of nitrogens with one attached hydrogen (secondary N) is 1. The third kappa shape index (κ3) is 9.36. The van der Waals surface area contributed by atoms with Gasteiger partial charge in [-0.1, -0.05) is 22.0 Å². The highest BCUT2D eigenvalue weighted by Gasteiger charge is 2.39. The van der Waals surface area contributed by atoms with Crippen LogP contribution in [0.15, 0.2) is 54.9 Å². The van der Waals surface area contributed by atoms with E-state index in [4.69, 9.17) is 4.74 Å². The smallest absolute Gasteiger partial charge is 0.416 e. The Balaban J connectivity index is 1.24. The molecule has 60 heavy (non-hydrogen) atoms. The number of halogens is 8. The van der Waals surface area contributed by atoms with Crippen LogP contribution < -0.4 is 19.3 Å². The number of ether oxygens (including phenoxy) is 1. The largest absolute Gasteiger partial charge is 0.488 e. The molecule has 0 radical (unpaired) electrons. The molecule has 3 fully saturated rings. The van der Waals surface area contributed by atoms with Crippen molar-refractivity contribution in [2.45, 2.75) is 80.9 Å². The van der Waals surface area contributed by atoms with Crippen LogP contribution in [0.3, 0.4) is 0 Å². The normalized spacial score (nSPS) is 16.6. The second kappa shape index (κ2) is 17.2. The van der Waals surface area contributed by atoms with Crippen LogP contribution >= 0.6 is 15.9 Å². The van der Waals surface area contributed by atoms with Crippen LogP contribution in [0.1, 0.15) is 100 Å². The number of alkyl halides is 4. The van der Waals surface area contributed by atoms with Crippen molar-refractivity contribution in [1.82, 2.24) is 4.98 Å². The first-order chi connectivity index (χ1) is 28.4. The maximum Gasteiger partial charge on any atom is 0.416 e. The number of aromatic carboxylic acids is 1. The first-order valence-corrected chi connectivity index (χ1v) is 21.7. The lowest BCUT2D eigenvalue weighted by Crippen LogP contribution is -2.38. The number of carboxylic acids is 1. The van der Waals surface area contributed by atoms with Crippen molar-refractivity contribution in [2.24, 2.45) is 0 Å². The van der Waals surface area contributed by atoms with Crippen LogP contribution in [-0.4, -0.2) is 55.3 Å². The van der Waals surface area contributed by atoms with Crippen molar-refractivity contribution in [3.63, 3.8) is 0 Å². The van der Waals surface area contributed by atoms with E-state index in [0.717, 1.165) is 74.0 Å². The fourth-order valence-corrected chi connectivity index (χ4v) is 9.47. The number of pyridine rings is 1. The molecule has 0 spiro atoms. The summed E-state index contributed by atoms with van der Waals surface area (Å²) in [6.07, 6.45) is 2.77. The summed E-state index contributed by atoms with van der Waals surface area (Å²) in [6, 6.07) is 10.1. The first kappa shape index (κ1) is 43.2. The lowest BCUT2D eigenvalue weighted by Gasteiger charge is -2.28. The number of rotatable bonds is 14. The van der Waals surface area contributed by atoms with Gasteiger partial charge in [0.25, 0.3) is 0 Å². The van der Waals surface area contributed by atoms with E-state index in [1.807, 2.05) is 12.1 Å². The highest BCUT2D eigenvalue weighted by atomic mass is 79.9. The van der Waals surface area contributed by atoms with Crippen LogP contribution in [0, 0.1) is 23.3 Å². The molecule has 3 aliphatic rings. The van der Waals surface area contributed by atoms with Crippen molar-refractivity contribution in [3.8, 4) is 5.75 Å². The molecule has 1 atom stereocenters. The van der Waals surface area contributed by atoms with Crippen LogP contribution in [0.2, 0.25) is 0 Å². The lowest BCUT2D eigenvalue weighted by atomic mass is 9.99. The maximum atomic E-state index is 15.6. The minimum Gasteiger partial charge on any atom is -0.488 e. The number of hydrogen-bond acceptors (Lipinski definition) is 7. The molecule has 1 unspecified atom stereocenters. The fourth-order valence-electron chi connectivity index (χ4n) is 7.66. The Morgan fingerprint density at radius 2 is 1.60 bits per heavy atom. The predicted molar refractivity (Wildman–Crippen MR) is 211 cm³/mol. The Kier molecular flexibility index (Phi) is 12.4. The summed E-state index contributed by atoms with van der Waals surface area (Å²) in [5, 5.41) is 9.80. The second-order valence-corrected chi connectivity index (χ2v) is 17.8. The minimum atomic E-state index is -5.23. The molecule has 3 aromatic carbocycles. The first-order valence-electron chi connectivity index (χ1n) is 19.2. The molecule has 2 N–H and O–H groups in total. The number of carbonyl (C=O) groups excluding carboxylic acids is 1. The van der Waals surface area contributed by atoms with Gasteiger partial charge in [-0.15, -0.1) is 0 Å². The molecule has 7 rings (SSSR count). The van der Waals surface area contributed by atoms with Gasteiger partial charge in [0.2, 0.25) is 15.9 Å².